The molecule has 4 nitrogen and oxygen atoms in total. The van der Waals surface area contributed by atoms with E-state index in [9.17, 15) is 4.79 Å². The van der Waals surface area contributed by atoms with Crippen LogP contribution >= 0.6 is 0 Å². The minimum atomic E-state index is -0.501. The number of carbonyl (C=O) groups is 1. The largest absolute Gasteiger partial charge is 0.364 e. The summed E-state index contributed by atoms with van der Waals surface area (Å²) in [5.41, 5.74) is 6.08. The zero-order valence-corrected chi connectivity index (χ0v) is 6.27. The van der Waals surface area contributed by atoms with Crippen molar-refractivity contribution in [2.45, 2.75) is 0 Å². The zero-order chi connectivity index (χ0) is 8.55. The maximum atomic E-state index is 10.7. The number of fused-ring (bicyclic) bond motifs is 1. The van der Waals surface area contributed by atoms with E-state index in [4.69, 9.17) is 5.73 Å². The van der Waals surface area contributed by atoms with Crippen LogP contribution in [0.1, 0.15) is 10.5 Å². The van der Waals surface area contributed by atoms with E-state index in [-0.39, 0.29) is 0 Å². The van der Waals surface area contributed by atoms with Gasteiger partial charge in [-0.15, -0.1) is 0 Å². The first-order valence-corrected chi connectivity index (χ1v) is 3.51. The number of nitrogens with zero attached hydrogens (tertiary/aromatic N) is 2. The van der Waals surface area contributed by atoms with Crippen LogP contribution in [-0.2, 0) is 0 Å². The first-order valence-electron chi connectivity index (χ1n) is 3.51. The molecule has 2 aromatic rings. The van der Waals surface area contributed by atoms with Gasteiger partial charge >= 0.3 is 0 Å². The Morgan fingerprint density at radius 3 is 3.00 bits per heavy atom. The molecule has 0 unspecified atom stereocenters. The van der Waals surface area contributed by atoms with E-state index in [1.54, 1.807) is 12.3 Å². The fraction of sp³-hybridized carbons (Fsp3) is 0. The average molecular weight is 161 g/mol. The van der Waals surface area contributed by atoms with Crippen molar-refractivity contribution < 1.29 is 4.79 Å². The molecule has 0 aliphatic heterocycles. The molecule has 0 radical (unpaired) electrons. The fourth-order valence-corrected chi connectivity index (χ4v) is 1.05. The summed E-state index contributed by atoms with van der Waals surface area (Å²) in [7, 11) is 0. The Balaban J connectivity index is 2.68. The first-order chi connectivity index (χ1) is 5.77. The third-order valence-corrected chi connectivity index (χ3v) is 1.64. The second kappa shape index (κ2) is 2.34. The van der Waals surface area contributed by atoms with Crippen LogP contribution in [0.25, 0.3) is 5.65 Å². The molecule has 2 heterocycles. The third kappa shape index (κ3) is 0.934. The highest BCUT2D eigenvalue weighted by Gasteiger charge is 2.01. The highest BCUT2D eigenvalue weighted by molar-refractivity contribution is 5.91. The Morgan fingerprint density at radius 1 is 1.42 bits per heavy atom. The van der Waals surface area contributed by atoms with Gasteiger partial charge in [-0.3, -0.25) is 4.79 Å². The number of hydrogen-bond donors (Lipinski definition) is 1. The Hall–Kier alpha value is -1.84. The van der Waals surface area contributed by atoms with Crippen LogP contribution in [0.5, 0.6) is 0 Å². The van der Waals surface area contributed by atoms with Crippen LogP contribution in [0.15, 0.2) is 30.6 Å². The van der Waals surface area contributed by atoms with E-state index < -0.39 is 5.91 Å². The molecule has 2 aromatic heterocycles. The van der Waals surface area contributed by atoms with Crippen molar-refractivity contribution in [2.75, 3.05) is 0 Å². The van der Waals surface area contributed by atoms with Crippen LogP contribution in [0, 0.1) is 0 Å². The summed E-state index contributed by atoms with van der Waals surface area (Å²) < 4.78 is 1.81. The van der Waals surface area contributed by atoms with E-state index in [1.807, 2.05) is 22.7 Å². The molecule has 60 valence electrons. The van der Waals surface area contributed by atoms with Crippen molar-refractivity contribution in [1.82, 2.24) is 9.38 Å². The molecule has 0 saturated carbocycles. The van der Waals surface area contributed by atoms with Gasteiger partial charge < -0.3 is 10.1 Å². The molecule has 0 saturated heterocycles. The molecule has 0 aromatic carbocycles. The minimum absolute atomic E-state index is 0.293. The maximum Gasteiger partial charge on any atom is 0.267 e. The summed E-state index contributed by atoms with van der Waals surface area (Å²) in [6.45, 7) is 0. The summed E-state index contributed by atoms with van der Waals surface area (Å²) in [5, 5.41) is 0. The molecule has 1 amide bonds. The average Bonchev–Trinajstić information content (AvgIpc) is 2.49. The van der Waals surface area contributed by atoms with Gasteiger partial charge in [-0.2, -0.15) is 0 Å². The van der Waals surface area contributed by atoms with Crippen LogP contribution in [-0.4, -0.2) is 15.3 Å². The van der Waals surface area contributed by atoms with Gasteiger partial charge in [0.2, 0.25) is 0 Å². The molecule has 4 heteroatoms. The quantitative estimate of drug-likeness (QED) is 0.659. The van der Waals surface area contributed by atoms with E-state index in [2.05, 4.69) is 4.98 Å². The second-order valence-electron chi connectivity index (χ2n) is 2.45. The van der Waals surface area contributed by atoms with E-state index >= 15 is 0 Å². The van der Waals surface area contributed by atoms with E-state index in [1.165, 1.54) is 0 Å². The molecular formula is C8H7N3O. The number of hydrogen-bond acceptors (Lipinski definition) is 2. The van der Waals surface area contributed by atoms with Crippen molar-refractivity contribution in [3.8, 4) is 0 Å². The highest BCUT2D eigenvalue weighted by Crippen LogP contribution is 2.01. The Bertz CT molecular complexity index is 433. The second-order valence-corrected chi connectivity index (χ2v) is 2.45. The lowest BCUT2D eigenvalue weighted by Crippen LogP contribution is -2.13. The van der Waals surface area contributed by atoms with Crippen LogP contribution in [0.4, 0.5) is 0 Å². The monoisotopic (exact) mass is 161 g/mol. The van der Waals surface area contributed by atoms with E-state index in [0.717, 1.165) is 5.65 Å². The highest BCUT2D eigenvalue weighted by atomic mass is 16.1. The van der Waals surface area contributed by atoms with Crippen molar-refractivity contribution in [3.63, 3.8) is 0 Å². The Labute approximate surface area is 68.6 Å². The summed E-state index contributed by atoms with van der Waals surface area (Å²) in [6.07, 6.45) is 3.61. The molecule has 0 fully saturated rings. The van der Waals surface area contributed by atoms with E-state index in [0.29, 0.717) is 5.69 Å². The first kappa shape index (κ1) is 6.84. The van der Waals surface area contributed by atoms with Crippen molar-refractivity contribution in [3.05, 3.63) is 36.3 Å². The number of nitrogens with two attached hydrogens (primary N) is 1. The molecule has 0 atom stereocenters. The van der Waals surface area contributed by atoms with Crippen molar-refractivity contribution in [1.29, 1.82) is 0 Å². The summed E-state index contributed by atoms with van der Waals surface area (Å²) in [6, 6.07) is 5.26. The van der Waals surface area contributed by atoms with Gasteiger partial charge in [0.1, 0.15) is 11.3 Å². The number of amides is 1. The molecule has 2 rings (SSSR count). The number of rotatable bonds is 1. The van der Waals surface area contributed by atoms with Crippen molar-refractivity contribution >= 4 is 11.6 Å². The number of primary amides is 1. The summed E-state index contributed by atoms with van der Waals surface area (Å²) in [4.78, 5) is 14.7. The standard InChI is InChI=1S/C8H7N3O/c9-8(12)6-3-5-11-4-1-2-7(11)10-6/h1-5H,(H2,9,12). The molecule has 0 aliphatic rings. The van der Waals surface area contributed by atoms with Crippen LogP contribution in [0.2, 0.25) is 0 Å². The topological polar surface area (TPSA) is 60.4 Å². The minimum Gasteiger partial charge on any atom is -0.364 e. The number of aromatic nitrogens is 2. The zero-order valence-electron chi connectivity index (χ0n) is 6.27. The molecule has 2 N–H and O–H groups in total. The van der Waals surface area contributed by atoms with Gasteiger partial charge in [0, 0.05) is 12.4 Å². The third-order valence-electron chi connectivity index (χ3n) is 1.64. The van der Waals surface area contributed by atoms with Gasteiger partial charge in [-0.1, -0.05) is 0 Å². The summed E-state index contributed by atoms with van der Waals surface area (Å²) >= 11 is 0. The fourth-order valence-electron chi connectivity index (χ4n) is 1.05. The molecule has 0 spiro atoms. The number of carbonyl (C=O) groups excluding carboxylic acids is 1. The lowest BCUT2D eigenvalue weighted by Gasteiger charge is -1.95. The lowest BCUT2D eigenvalue weighted by atomic mass is 10.4. The van der Waals surface area contributed by atoms with Gasteiger partial charge in [-0.25, -0.2) is 4.98 Å². The maximum absolute atomic E-state index is 10.7. The van der Waals surface area contributed by atoms with Gasteiger partial charge in [0.05, 0.1) is 0 Å². The molecule has 12 heavy (non-hydrogen) atoms. The summed E-state index contributed by atoms with van der Waals surface area (Å²) in [5.74, 6) is -0.501. The Kier molecular flexibility index (Phi) is 1.33. The molecule has 0 bridgehead atoms. The predicted molar refractivity (Wildman–Crippen MR) is 43.7 cm³/mol. The van der Waals surface area contributed by atoms with Crippen molar-refractivity contribution in [2.24, 2.45) is 5.73 Å². The molecular weight excluding hydrogens is 154 g/mol. The Morgan fingerprint density at radius 2 is 2.25 bits per heavy atom. The van der Waals surface area contributed by atoms with Crippen LogP contribution in [0.3, 0.4) is 0 Å². The smallest absolute Gasteiger partial charge is 0.267 e. The molecule has 0 aliphatic carbocycles. The normalized spacial score (nSPS) is 10.3. The van der Waals surface area contributed by atoms with Crippen LogP contribution < -0.4 is 5.73 Å². The van der Waals surface area contributed by atoms with Gasteiger partial charge in [0.15, 0.2) is 0 Å². The SMILES string of the molecule is NC(=O)c1ccn2cccc2n1. The predicted octanol–water partition coefficient (Wildman–Crippen LogP) is 0.433. The lowest BCUT2D eigenvalue weighted by molar-refractivity contribution is 0.0995. The van der Waals surface area contributed by atoms with Gasteiger partial charge in [-0.05, 0) is 18.2 Å². The van der Waals surface area contributed by atoms with Gasteiger partial charge in [0.25, 0.3) is 5.91 Å².